The molecule has 0 bridgehead atoms. The fourth-order valence-electron chi connectivity index (χ4n) is 1.95. The number of rotatable bonds is 4. The minimum absolute atomic E-state index is 0.155. The number of ether oxygens (including phenoxy) is 1. The Hall–Kier alpha value is -1.73. The first-order chi connectivity index (χ1) is 9.15. The lowest BCUT2D eigenvalue weighted by Crippen LogP contribution is -2.41. The van der Waals surface area contributed by atoms with Gasteiger partial charge in [0.05, 0.1) is 12.7 Å². The summed E-state index contributed by atoms with van der Waals surface area (Å²) in [5.74, 6) is -0.291. The highest BCUT2D eigenvalue weighted by molar-refractivity contribution is 5.91. The van der Waals surface area contributed by atoms with Gasteiger partial charge in [-0.15, -0.1) is 0 Å². The second-order valence-electron chi connectivity index (χ2n) is 4.61. The Morgan fingerprint density at radius 2 is 2.47 bits per heavy atom. The van der Waals surface area contributed by atoms with Crippen molar-refractivity contribution >= 4 is 5.91 Å². The SMILES string of the molecule is CN1CCOC(CCNC(=O)c2ccc(=O)[nH]n2)C1. The molecule has 0 radical (unpaired) electrons. The predicted octanol–water partition coefficient (Wildman–Crippen LogP) is -0.780. The molecule has 1 fully saturated rings. The van der Waals surface area contributed by atoms with Gasteiger partial charge in [-0.25, -0.2) is 5.10 Å². The van der Waals surface area contributed by atoms with Gasteiger partial charge in [-0.3, -0.25) is 9.59 Å². The first kappa shape index (κ1) is 13.7. The topological polar surface area (TPSA) is 87.3 Å². The minimum atomic E-state index is -0.324. The van der Waals surface area contributed by atoms with E-state index in [1.54, 1.807) is 0 Å². The smallest absolute Gasteiger partial charge is 0.271 e. The van der Waals surface area contributed by atoms with Gasteiger partial charge in [0.2, 0.25) is 0 Å². The molecule has 2 N–H and O–H groups in total. The number of H-pyrrole nitrogens is 1. The number of carbonyl (C=O) groups is 1. The normalized spacial score (nSPS) is 20.2. The first-order valence-electron chi connectivity index (χ1n) is 6.29. The van der Waals surface area contributed by atoms with Crippen LogP contribution >= 0.6 is 0 Å². The lowest BCUT2D eigenvalue weighted by molar-refractivity contribution is -0.0226. The Kier molecular flexibility index (Phi) is 4.64. The molecular formula is C12H18N4O3. The van der Waals surface area contributed by atoms with Gasteiger partial charge in [0.1, 0.15) is 5.69 Å². The van der Waals surface area contributed by atoms with Crippen LogP contribution in [-0.2, 0) is 4.74 Å². The van der Waals surface area contributed by atoms with Crippen LogP contribution in [0.1, 0.15) is 16.9 Å². The van der Waals surface area contributed by atoms with Crippen LogP contribution in [0.3, 0.4) is 0 Å². The number of nitrogens with one attached hydrogen (secondary N) is 2. The molecule has 1 aliphatic heterocycles. The van der Waals surface area contributed by atoms with E-state index in [2.05, 4.69) is 27.5 Å². The summed E-state index contributed by atoms with van der Waals surface area (Å²) in [5, 5.41) is 8.65. The summed E-state index contributed by atoms with van der Waals surface area (Å²) in [6.45, 7) is 3.09. The Labute approximate surface area is 110 Å². The number of hydrogen-bond acceptors (Lipinski definition) is 5. The van der Waals surface area contributed by atoms with E-state index in [0.717, 1.165) is 26.1 Å². The molecule has 1 unspecified atom stereocenters. The summed E-state index contributed by atoms with van der Waals surface area (Å²) in [7, 11) is 2.05. The number of amides is 1. The van der Waals surface area contributed by atoms with E-state index in [9.17, 15) is 9.59 Å². The van der Waals surface area contributed by atoms with Crippen molar-refractivity contribution in [1.29, 1.82) is 0 Å². The van der Waals surface area contributed by atoms with Crippen LogP contribution in [-0.4, -0.2) is 60.4 Å². The standard InChI is InChI=1S/C12H18N4O3/c1-16-6-7-19-9(8-16)4-5-13-12(18)10-2-3-11(17)15-14-10/h2-3,9H,4-8H2,1H3,(H,13,18)(H,15,17). The van der Waals surface area contributed by atoms with Crippen LogP contribution in [0.5, 0.6) is 0 Å². The van der Waals surface area contributed by atoms with Gasteiger partial charge < -0.3 is 15.0 Å². The highest BCUT2D eigenvalue weighted by atomic mass is 16.5. The Balaban J connectivity index is 1.74. The van der Waals surface area contributed by atoms with Crippen LogP contribution in [0.25, 0.3) is 0 Å². The first-order valence-corrected chi connectivity index (χ1v) is 6.29. The van der Waals surface area contributed by atoms with E-state index in [1.807, 2.05) is 0 Å². The number of morpholine rings is 1. The number of aromatic amines is 1. The van der Waals surface area contributed by atoms with Gasteiger partial charge in [-0.1, -0.05) is 0 Å². The molecule has 0 aromatic carbocycles. The average Bonchev–Trinajstić information content (AvgIpc) is 2.39. The van der Waals surface area contributed by atoms with Gasteiger partial charge in [0.25, 0.3) is 11.5 Å². The molecule has 1 aromatic heterocycles. The van der Waals surface area contributed by atoms with E-state index < -0.39 is 0 Å². The van der Waals surface area contributed by atoms with Gasteiger partial charge in [0.15, 0.2) is 0 Å². The third kappa shape index (κ3) is 4.15. The van der Waals surface area contributed by atoms with Crippen molar-refractivity contribution in [2.45, 2.75) is 12.5 Å². The summed E-state index contributed by atoms with van der Waals surface area (Å²) < 4.78 is 5.60. The quantitative estimate of drug-likeness (QED) is 0.746. The summed E-state index contributed by atoms with van der Waals surface area (Å²) >= 11 is 0. The minimum Gasteiger partial charge on any atom is -0.375 e. The van der Waals surface area contributed by atoms with Crippen LogP contribution in [0.4, 0.5) is 0 Å². The Morgan fingerprint density at radius 3 is 3.16 bits per heavy atom. The fraction of sp³-hybridized carbons (Fsp3) is 0.583. The second kappa shape index (κ2) is 6.44. The monoisotopic (exact) mass is 266 g/mol. The lowest BCUT2D eigenvalue weighted by atomic mass is 10.2. The number of hydrogen-bond donors (Lipinski definition) is 2. The number of carbonyl (C=O) groups excluding carboxylic acids is 1. The molecule has 1 saturated heterocycles. The predicted molar refractivity (Wildman–Crippen MR) is 69.0 cm³/mol. The largest absolute Gasteiger partial charge is 0.375 e. The molecule has 7 nitrogen and oxygen atoms in total. The van der Waals surface area contributed by atoms with Gasteiger partial charge in [-0.05, 0) is 19.5 Å². The molecule has 0 spiro atoms. The van der Waals surface area contributed by atoms with Crippen LogP contribution in [0.2, 0.25) is 0 Å². The molecule has 2 heterocycles. The van der Waals surface area contributed by atoms with Crippen molar-refractivity contribution in [2.75, 3.05) is 33.3 Å². The van der Waals surface area contributed by atoms with E-state index in [0.29, 0.717) is 6.54 Å². The maximum Gasteiger partial charge on any atom is 0.271 e. The number of likely N-dealkylation sites (N-methyl/N-ethyl adjacent to an activating group) is 1. The number of nitrogens with zero attached hydrogens (tertiary/aromatic N) is 2. The van der Waals surface area contributed by atoms with E-state index in [4.69, 9.17) is 4.74 Å². The van der Waals surface area contributed by atoms with Gasteiger partial charge in [-0.2, -0.15) is 5.10 Å². The van der Waals surface area contributed by atoms with Crippen molar-refractivity contribution in [3.05, 3.63) is 28.2 Å². The zero-order valence-corrected chi connectivity index (χ0v) is 10.9. The molecule has 2 rings (SSSR count). The van der Waals surface area contributed by atoms with Crippen molar-refractivity contribution in [3.63, 3.8) is 0 Å². The molecule has 0 saturated carbocycles. The van der Waals surface area contributed by atoms with Crippen molar-refractivity contribution < 1.29 is 9.53 Å². The van der Waals surface area contributed by atoms with Crippen LogP contribution < -0.4 is 10.9 Å². The van der Waals surface area contributed by atoms with Crippen molar-refractivity contribution in [3.8, 4) is 0 Å². The average molecular weight is 266 g/mol. The Bertz CT molecular complexity index is 468. The molecule has 19 heavy (non-hydrogen) atoms. The van der Waals surface area contributed by atoms with E-state index in [1.165, 1.54) is 12.1 Å². The summed E-state index contributed by atoms with van der Waals surface area (Å²) in [4.78, 5) is 24.7. The number of aromatic nitrogens is 2. The van der Waals surface area contributed by atoms with E-state index >= 15 is 0 Å². The highest BCUT2D eigenvalue weighted by Gasteiger charge is 2.17. The van der Waals surface area contributed by atoms with Gasteiger partial charge in [0, 0.05) is 25.7 Å². The molecule has 1 amide bonds. The highest BCUT2D eigenvalue weighted by Crippen LogP contribution is 2.05. The fourth-order valence-corrected chi connectivity index (χ4v) is 1.95. The van der Waals surface area contributed by atoms with Crippen molar-refractivity contribution in [2.24, 2.45) is 0 Å². The van der Waals surface area contributed by atoms with Gasteiger partial charge >= 0.3 is 0 Å². The second-order valence-corrected chi connectivity index (χ2v) is 4.61. The summed E-state index contributed by atoms with van der Waals surface area (Å²) in [5.41, 5.74) is -0.114. The molecular weight excluding hydrogens is 248 g/mol. The zero-order chi connectivity index (χ0) is 13.7. The molecule has 1 aromatic rings. The maximum absolute atomic E-state index is 11.7. The van der Waals surface area contributed by atoms with Crippen LogP contribution in [0, 0.1) is 0 Å². The van der Waals surface area contributed by atoms with Crippen molar-refractivity contribution in [1.82, 2.24) is 20.4 Å². The molecule has 104 valence electrons. The third-order valence-corrected chi connectivity index (χ3v) is 3.01. The maximum atomic E-state index is 11.7. The molecule has 7 heteroatoms. The molecule has 1 atom stereocenters. The molecule has 0 aliphatic carbocycles. The zero-order valence-electron chi connectivity index (χ0n) is 10.9. The third-order valence-electron chi connectivity index (χ3n) is 3.01. The molecule has 1 aliphatic rings. The lowest BCUT2D eigenvalue weighted by Gasteiger charge is -2.30. The van der Waals surface area contributed by atoms with E-state index in [-0.39, 0.29) is 23.3 Å². The van der Waals surface area contributed by atoms with Crippen LogP contribution in [0.15, 0.2) is 16.9 Å². The summed E-state index contributed by atoms with van der Waals surface area (Å²) in [6, 6.07) is 2.68. The summed E-state index contributed by atoms with van der Waals surface area (Å²) in [6.07, 6.45) is 0.919. The Morgan fingerprint density at radius 1 is 1.63 bits per heavy atom.